The summed E-state index contributed by atoms with van der Waals surface area (Å²) in [6.45, 7) is 0. The van der Waals surface area contributed by atoms with Crippen molar-refractivity contribution in [3.63, 3.8) is 0 Å². The van der Waals surface area contributed by atoms with Gasteiger partial charge in [-0.3, -0.25) is 0 Å². The predicted molar refractivity (Wildman–Crippen MR) is 123 cm³/mol. The van der Waals surface area contributed by atoms with E-state index in [1.165, 1.54) is 0 Å². The van der Waals surface area contributed by atoms with E-state index in [-0.39, 0.29) is 0 Å². The highest BCUT2D eigenvalue weighted by Gasteiger charge is 2.13. The van der Waals surface area contributed by atoms with Crippen molar-refractivity contribution in [1.29, 1.82) is 0 Å². The summed E-state index contributed by atoms with van der Waals surface area (Å²) in [6.07, 6.45) is 0. The molecule has 3 aromatic carbocycles. The molecule has 4 heteroatoms. The molecule has 0 amide bonds. The van der Waals surface area contributed by atoms with Gasteiger partial charge in [0.25, 0.3) is 0 Å². The SMILES string of the molecule is Brc1cc(-c2ccc3ccccc3n2)c(Br)cc1-c1ccc2ccccc2n1. The fourth-order valence-corrected chi connectivity index (χ4v) is 4.46. The molecule has 0 fully saturated rings. The van der Waals surface area contributed by atoms with Crippen LogP contribution in [0.4, 0.5) is 0 Å². The quantitative estimate of drug-likeness (QED) is 0.254. The average molecular weight is 490 g/mol. The summed E-state index contributed by atoms with van der Waals surface area (Å²) in [7, 11) is 0. The Morgan fingerprint density at radius 2 is 0.929 bits per heavy atom. The third kappa shape index (κ3) is 3.13. The molecule has 0 atom stereocenters. The van der Waals surface area contributed by atoms with E-state index in [1.807, 2.05) is 36.4 Å². The Morgan fingerprint density at radius 1 is 0.500 bits per heavy atom. The second-order valence-corrected chi connectivity index (χ2v) is 8.30. The number of fused-ring (bicyclic) bond motifs is 2. The molecule has 0 bridgehead atoms. The van der Waals surface area contributed by atoms with Gasteiger partial charge in [-0.15, -0.1) is 0 Å². The molecule has 0 radical (unpaired) electrons. The van der Waals surface area contributed by atoms with Gasteiger partial charge in [-0.1, -0.05) is 80.4 Å². The normalized spacial score (nSPS) is 11.2. The highest BCUT2D eigenvalue weighted by molar-refractivity contribution is 9.11. The molecule has 0 unspecified atom stereocenters. The molecule has 28 heavy (non-hydrogen) atoms. The largest absolute Gasteiger partial charge is 0.248 e. The Morgan fingerprint density at radius 3 is 1.39 bits per heavy atom. The molecule has 0 saturated heterocycles. The van der Waals surface area contributed by atoms with Gasteiger partial charge in [-0.05, 0) is 36.4 Å². The van der Waals surface area contributed by atoms with E-state index in [0.717, 1.165) is 53.3 Å². The molecule has 0 aliphatic rings. The summed E-state index contributed by atoms with van der Waals surface area (Å²) >= 11 is 7.48. The maximum Gasteiger partial charge on any atom is 0.0721 e. The lowest BCUT2D eigenvalue weighted by atomic mass is 10.0. The van der Waals surface area contributed by atoms with Crippen LogP contribution in [0.2, 0.25) is 0 Å². The van der Waals surface area contributed by atoms with E-state index in [1.54, 1.807) is 0 Å². The van der Waals surface area contributed by atoms with Gasteiger partial charge in [0.05, 0.1) is 22.4 Å². The Bertz CT molecular complexity index is 1240. The maximum absolute atomic E-state index is 4.82. The van der Waals surface area contributed by atoms with Crippen LogP contribution in [-0.2, 0) is 0 Å². The second-order valence-electron chi connectivity index (χ2n) is 6.59. The molecule has 0 aliphatic carbocycles. The zero-order valence-electron chi connectivity index (χ0n) is 14.7. The summed E-state index contributed by atoms with van der Waals surface area (Å²) in [6, 6.07) is 28.8. The van der Waals surface area contributed by atoms with E-state index in [9.17, 15) is 0 Å². The topological polar surface area (TPSA) is 25.8 Å². The fraction of sp³-hybridized carbons (Fsp3) is 0. The van der Waals surface area contributed by atoms with Gasteiger partial charge in [0.1, 0.15) is 0 Å². The van der Waals surface area contributed by atoms with Gasteiger partial charge in [-0.2, -0.15) is 0 Å². The minimum atomic E-state index is 0.935. The van der Waals surface area contributed by atoms with Crippen LogP contribution in [0.25, 0.3) is 44.3 Å². The Hall–Kier alpha value is -2.56. The number of rotatable bonds is 2. The summed E-state index contributed by atoms with van der Waals surface area (Å²) in [5.74, 6) is 0. The summed E-state index contributed by atoms with van der Waals surface area (Å²) < 4.78 is 1.98. The van der Waals surface area contributed by atoms with Crippen LogP contribution in [0, 0.1) is 0 Å². The third-order valence-corrected chi connectivity index (χ3v) is 6.12. The number of benzene rings is 3. The number of para-hydroxylation sites is 2. The number of halogens is 2. The van der Waals surface area contributed by atoms with Gasteiger partial charge in [0.2, 0.25) is 0 Å². The van der Waals surface area contributed by atoms with E-state index < -0.39 is 0 Å². The number of hydrogen-bond acceptors (Lipinski definition) is 2. The molecule has 0 spiro atoms. The Balaban J connectivity index is 1.62. The summed E-state index contributed by atoms with van der Waals surface area (Å²) in [5.41, 5.74) is 5.93. The van der Waals surface area contributed by atoms with Gasteiger partial charge in [0.15, 0.2) is 0 Å². The van der Waals surface area contributed by atoms with Crippen LogP contribution in [0.5, 0.6) is 0 Å². The first-order chi connectivity index (χ1) is 13.7. The first kappa shape index (κ1) is 17.5. The van der Waals surface area contributed by atoms with Crippen LogP contribution in [0.3, 0.4) is 0 Å². The highest BCUT2D eigenvalue weighted by atomic mass is 79.9. The van der Waals surface area contributed by atoms with Gasteiger partial charge >= 0.3 is 0 Å². The van der Waals surface area contributed by atoms with Crippen LogP contribution in [-0.4, -0.2) is 9.97 Å². The van der Waals surface area contributed by atoms with Gasteiger partial charge < -0.3 is 0 Å². The molecule has 2 heterocycles. The standard InChI is InChI=1S/C24H14Br2N2/c25-19-14-18(24-12-10-16-6-2-4-8-22(16)28-24)20(26)13-17(19)23-11-9-15-5-1-3-7-21(15)27-23/h1-14H. The predicted octanol–water partition coefficient (Wildman–Crippen LogP) is 7.64. The number of aromatic nitrogens is 2. The summed E-state index contributed by atoms with van der Waals surface area (Å²) in [4.78, 5) is 9.65. The van der Waals surface area contributed by atoms with Crippen LogP contribution in [0.1, 0.15) is 0 Å². The molecule has 2 aromatic heterocycles. The monoisotopic (exact) mass is 488 g/mol. The first-order valence-electron chi connectivity index (χ1n) is 8.90. The third-order valence-electron chi connectivity index (χ3n) is 4.81. The van der Waals surface area contributed by atoms with Crippen LogP contribution in [0.15, 0.2) is 93.9 Å². The van der Waals surface area contributed by atoms with E-state index in [2.05, 4.69) is 80.4 Å². The lowest BCUT2D eigenvalue weighted by molar-refractivity contribution is 1.36. The van der Waals surface area contributed by atoms with E-state index in [0.29, 0.717) is 0 Å². The molecule has 0 saturated carbocycles. The maximum atomic E-state index is 4.82. The Labute approximate surface area is 179 Å². The van der Waals surface area contributed by atoms with E-state index in [4.69, 9.17) is 9.97 Å². The zero-order chi connectivity index (χ0) is 19.1. The summed E-state index contributed by atoms with van der Waals surface area (Å²) in [5, 5.41) is 2.27. The number of hydrogen-bond donors (Lipinski definition) is 0. The van der Waals surface area contributed by atoms with Crippen molar-refractivity contribution in [3.05, 3.63) is 93.9 Å². The van der Waals surface area contributed by atoms with E-state index >= 15 is 0 Å². The second kappa shape index (κ2) is 7.12. The smallest absolute Gasteiger partial charge is 0.0721 e. The number of nitrogens with zero attached hydrogens (tertiary/aromatic N) is 2. The van der Waals surface area contributed by atoms with Crippen LogP contribution >= 0.6 is 31.9 Å². The Kier molecular flexibility index (Phi) is 4.46. The van der Waals surface area contributed by atoms with Crippen molar-refractivity contribution in [1.82, 2.24) is 9.97 Å². The van der Waals surface area contributed by atoms with Crippen molar-refractivity contribution in [2.45, 2.75) is 0 Å². The van der Waals surface area contributed by atoms with Crippen molar-refractivity contribution >= 4 is 53.7 Å². The lowest BCUT2D eigenvalue weighted by Gasteiger charge is -2.11. The molecule has 5 aromatic rings. The minimum absolute atomic E-state index is 0.935. The fourth-order valence-electron chi connectivity index (χ4n) is 3.37. The first-order valence-corrected chi connectivity index (χ1v) is 10.5. The van der Waals surface area contributed by atoms with Crippen molar-refractivity contribution in [2.75, 3.05) is 0 Å². The van der Waals surface area contributed by atoms with Crippen molar-refractivity contribution in [3.8, 4) is 22.5 Å². The molecule has 2 nitrogen and oxygen atoms in total. The molecular formula is C24H14Br2N2. The van der Waals surface area contributed by atoms with Gasteiger partial charge in [-0.25, -0.2) is 9.97 Å². The lowest BCUT2D eigenvalue weighted by Crippen LogP contribution is -1.91. The highest BCUT2D eigenvalue weighted by Crippen LogP contribution is 2.37. The molecule has 134 valence electrons. The van der Waals surface area contributed by atoms with Crippen molar-refractivity contribution < 1.29 is 0 Å². The molecular weight excluding hydrogens is 476 g/mol. The zero-order valence-corrected chi connectivity index (χ0v) is 17.9. The molecule has 0 aliphatic heterocycles. The van der Waals surface area contributed by atoms with Crippen molar-refractivity contribution in [2.24, 2.45) is 0 Å². The van der Waals surface area contributed by atoms with Crippen LogP contribution < -0.4 is 0 Å². The van der Waals surface area contributed by atoms with Gasteiger partial charge in [0, 0.05) is 30.8 Å². The number of pyridine rings is 2. The molecule has 0 N–H and O–H groups in total. The average Bonchev–Trinajstić information content (AvgIpc) is 2.74. The molecule has 5 rings (SSSR count). The minimum Gasteiger partial charge on any atom is -0.248 e.